The lowest BCUT2D eigenvalue weighted by Crippen LogP contribution is -2.35. The third-order valence-electron chi connectivity index (χ3n) is 2.02. The van der Waals surface area contributed by atoms with Crippen LogP contribution in [0.5, 0.6) is 0 Å². The highest BCUT2D eigenvalue weighted by atomic mass is 35.5. The van der Waals surface area contributed by atoms with Gasteiger partial charge in [-0.15, -0.1) is 0 Å². The number of nitrogens with zero attached hydrogens (tertiary/aromatic N) is 1. The lowest BCUT2D eigenvalue weighted by atomic mass is 10.1. The molecule has 0 saturated carbocycles. The Morgan fingerprint density at radius 1 is 1.41 bits per heavy atom. The molecule has 0 saturated heterocycles. The fourth-order valence-corrected chi connectivity index (χ4v) is 1.26. The van der Waals surface area contributed by atoms with Crippen molar-refractivity contribution in [2.24, 2.45) is 0 Å². The number of pyridine rings is 1. The fraction of sp³-hybridized carbons (Fsp3) is 0.500. The fourth-order valence-electron chi connectivity index (χ4n) is 1.04. The molecule has 0 aliphatic rings. The minimum atomic E-state index is -4.47. The SMILES string of the molecule is CC(C)(CO)Nc1ncc(C(F)(F)F)cc1Cl. The zero-order valence-corrected chi connectivity index (χ0v) is 10.0. The van der Waals surface area contributed by atoms with Crippen molar-refractivity contribution in [3.8, 4) is 0 Å². The summed E-state index contributed by atoms with van der Waals surface area (Å²) in [5.41, 5.74) is -1.62. The van der Waals surface area contributed by atoms with E-state index in [1.807, 2.05) is 0 Å². The van der Waals surface area contributed by atoms with Crippen molar-refractivity contribution >= 4 is 17.4 Å². The molecule has 2 N–H and O–H groups in total. The number of hydrogen-bond acceptors (Lipinski definition) is 3. The topological polar surface area (TPSA) is 45.1 Å². The Morgan fingerprint density at radius 2 is 2.00 bits per heavy atom. The highest BCUT2D eigenvalue weighted by molar-refractivity contribution is 6.33. The molecular formula is C10H12ClF3N2O. The van der Waals surface area contributed by atoms with Crippen molar-refractivity contribution in [1.29, 1.82) is 0 Å². The van der Waals surface area contributed by atoms with Gasteiger partial charge >= 0.3 is 6.18 Å². The number of aromatic nitrogens is 1. The summed E-state index contributed by atoms with van der Waals surface area (Å²) in [6, 6.07) is 0.796. The normalized spacial score (nSPS) is 12.6. The predicted molar refractivity (Wildman–Crippen MR) is 59.0 cm³/mol. The quantitative estimate of drug-likeness (QED) is 0.886. The van der Waals surface area contributed by atoms with E-state index < -0.39 is 17.3 Å². The molecule has 1 aromatic rings. The molecule has 0 bridgehead atoms. The molecule has 0 aliphatic heterocycles. The molecule has 0 aliphatic carbocycles. The standard InChI is InChI=1S/C10H12ClF3N2O/c1-9(2,5-17)16-8-7(11)3-6(4-15-8)10(12,13)14/h3-4,17H,5H2,1-2H3,(H,15,16). The molecule has 0 fully saturated rings. The summed E-state index contributed by atoms with van der Waals surface area (Å²) in [5.74, 6) is 0.110. The van der Waals surface area contributed by atoms with Crippen LogP contribution in [0.1, 0.15) is 19.4 Å². The number of rotatable bonds is 3. The van der Waals surface area contributed by atoms with Gasteiger partial charge in [0.25, 0.3) is 0 Å². The number of hydrogen-bond donors (Lipinski definition) is 2. The van der Waals surface area contributed by atoms with E-state index in [1.165, 1.54) is 0 Å². The van der Waals surface area contributed by atoms with Gasteiger partial charge in [-0.3, -0.25) is 0 Å². The van der Waals surface area contributed by atoms with E-state index in [0.29, 0.717) is 6.20 Å². The van der Waals surface area contributed by atoms with Crippen LogP contribution >= 0.6 is 11.6 Å². The molecule has 0 amide bonds. The van der Waals surface area contributed by atoms with Gasteiger partial charge in [0.1, 0.15) is 5.82 Å². The molecule has 1 rings (SSSR count). The number of halogens is 4. The highest BCUT2D eigenvalue weighted by Crippen LogP contribution is 2.32. The van der Waals surface area contributed by atoms with Gasteiger partial charge in [-0.25, -0.2) is 4.98 Å². The molecule has 0 aromatic carbocycles. The average Bonchev–Trinajstić information content (AvgIpc) is 2.19. The van der Waals surface area contributed by atoms with Gasteiger partial charge in [0.2, 0.25) is 0 Å². The molecule has 0 radical (unpaired) electrons. The summed E-state index contributed by atoms with van der Waals surface area (Å²) in [4.78, 5) is 3.60. The largest absolute Gasteiger partial charge is 0.417 e. The van der Waals surface area contributed by atoms with Crippen molar-refractivity contribution in [1.82, 2.24) is 4.98 Å². The van der Waals surface area contributed by atoms with E-state index >= 15 is 0 Å². The van der Waals surface area contributed by atoms with Crippen LogP contribution < -0.4 is 5.32 Å². The molecule has 17 heavy (non-hydrogen) atoms. The molecule has 0 spiro atoms. The van der Waals surface area contributed by atoms with Crippen molar-refractivity contribution in [3.63, 3.8) is 0 Å². The smallest absolute Gasteiger partial charge is 0.394 e. The first-order valence-corrected chi connectivity index (χ1v) is 5.15. The molecular weight excluding hydrogens is 257 g/mol. The van der Waals surface area contributed by atoms with Crippen LogP contribution in [0.4, 0.5) is 19.0 Å². The van der Waals surface area contributed by atoms with Crippen molar-refractivity contribution in [3.05, 3.63) is 22.8 Å². The van der Waals surface area contributed by atoms with Crippen LogP contribution in [0.2, 0.25) is 5.02 Å². The van der Waals surface area contributed by atoms with E-state index in [4.69, 9.17) is 16.7 Å². The van der Waals surface area contributed by atoms with E-state index in [0.717, 1.165) is 6.07 Å². The maximum atomic E-state index is 12.3. The third-order valence-corrected chi connectivity index (χ3v) is 2.31. The maximum absolute atomic E-state index is 12.3. The zero-order valence-electron chi connectivity index (χ0n) is 9.27. The van der Waals surface area contributed by atoms with Crippen molar-refractivity contribution in [2.45, 2.75) is 25.6 Å². The second kappa shape index (κ2) is 4.70. The number of aliphatic hydroxyl groups is 1. The molecule has 7 heteroatoms. The lowest BCUT2D eigenvalue weighted by molar-refractivity contribution is -0.137. The minimum Gasteiger partial charge on any atom is -0.394 e. The highest BCUT2D eigenvalue weighted by Gasteiger charge is 2.32. The van der Waals surface area contributed by atoms with E-state index in [1.54, 1.807) is 13.8 Å². The Labute approximate surface area is 102 Å². The second-order valence-electron chi connectivity index (χ2n) is 4.22. The summed E-state index contributed by atoms with van der Waals surface area (Å²) < 4.78 is 37.0. The Balaban J connectivity index is 2.99. The Hall–Kier alpha value is -1.01. The molecule has 1 aromatic heterocycles. The summed E-state index contributed by atoms with van der Waals surface area (Å²) in [7, 11) is 0. The summed E-state index contributed by atoms with van der Waals surface area (Å²) in [6.45, 7) is 3.14. The Kier molecular flexibility index (Phi) is 3.88. The average molecular weight is 269 g/mol. The van der Waals surface area contributed by atoms with Crippen LogP contribution in [0.3, 0.4) is 0 Å². The molecule has 96 valence electrons. The van der Waals surface area contributed by atoms with E-state index in [-0.39, 0.29) is 17.4 Å². The monoisotopic (exact) mass is 268 g/mol. The minimum absolute atomic E-state index is 0.110. The number of aliphatic hydroxyl groups excluding tert-OH is 1. The van der Waals surface area contributed by atoms with Gasteiger partial charge < -0.3 is 10.4 Å². The predicted octanol–water partition coefficient (Wildman–Crippen LogP) is 2.94. The first kappa shape index (κ1) is 14.1. The summed E-state index contributed by atoms with van der Waals surface area (Å²) in [6.07, 6.45) is -3.77. The van der Waals surface area contributed by atoms with Crippen molar-refractivity contribution < 1.29 is 18.3 Å². The van der Waals surface area contributed by atoms with Crippen LogP contribution in [0.25, 0.3) is 0 Å². The van der Waals surface area contributed by atoms with E-state index in [2.05, 4.69) is 10.3 Å². The lowest BCUT2D eigenvalue weighted by Gasteiger charge is -2.24. The first-order chi connectivity index (χ1) is 7.65. The third kappa shape index (κ3) is 3.74. The van der Waals surface area contributed by atoms with Gasteiger partial charge in [0.15, 0.2) is 0 Å². The first-order valence-electron chi connectivity index (χ1n) is 4.77. The van der Waals surface area contributed by atoms with Gasteiger partial charge in [0, 0.05) is 6.20 Å². The zero-order chi connectivity index (χ0) is 13.3. The molecule has 0 unspecified atom stereocenters. The second-order valence-corrected chi connectivity index (χ2v) is 4.63. The van der Waals surface area contributed by atoms with Crippen LogP contribution in [0, 0.1) is 0 Å². The van der Waals surface area contributed by atoms with Gasteiger partial charge in [-0.1, -0.05) is 11.6 Å². The Morgan fingerprint density at radius 3 is 2.41 bits per heavy atom. The number of alkyl halides is 3. The van der Waals surface area contributed by atoms with Crippen LogP contribution in [0.15, 0.2) is 12.3 Å². The molecule has 0 atom stereocenters. The van der Waals surface area contributed by atoms with Gasteiger partial charge in [-0.05, 0) is 19.9 Å². The number of anilines is 1. The van der Waals surface area contributed by atoms with Crippen LogP contribution in [-0.4, -0.2) is 22.2 Å². The number of nitrogens with one attached hydrogen (secondary N) is 1. The van der Waals surface area contributed by atoms with Crippen LogP contribution in [-0.2, 0) is 6.18 Å². The van der Waals surface area contributed by atoms with E-state index in [9.17, 15) is 13.2 Å². The maximum Gasteiger partial charge on any atom is 0.417 e. The van der Waals surface area contributed by atoms with Gasteiger partial charge in [0.05, 0.1) is 22.7 Å². The summed E-state index contributed by atoms with van der Waals surface area (Å²) in [5, 5.41) is 11.6. The van der Waals surface area contributed by atoms with Crippen molar-refractivity contribution in [2.75, 3.05) is 11.9 Å². The summed E-state index contributed by atoms with van der Waals surface area (Å²) >= 11 is 5.69. The van der Waals surface area contributed by atoms with Gasteiger partial charge in [-0.2, -0.15) is 13.2 Å². The molecule has 3 nitrogen and oxygen atoms in total. The Bertz CT molecular complexity index is 407. The molecule has 1 heterocycles.